The van der Waals surface area contributed by atoms with Gasteiger partial charge in [-0.05, 0) is 6.08 Å². The minimum Gasteiger partial charge on any atom is -0.509 e. The number of hydrogen-bond acceptors (Lipinski definition) is 2. The highest BCUT2D eigenvalue weighted by molar-refractivity contribution is 5.03. The first-order valence-corrected chi connectivity index (χ1v) is 2.35. The Bertz CT molecular complexity index is 105. The van der Waals surface area contributed by atoms with Gasteiger partial charge in [-0.25, -0.2) is 0 Å². The summed E-state index contributed by atoms with van der Waals surface area (Å²) in [6.07, 6.45) is 3.25. The predicted octanol–water partition coefficient (Wildman–Crippen LogP) is 1.13. The molecule has 2 nitrogen and oxygen atoms in total. The van der Waals surface area contributed by atoms with Crippen LogP contribution in [0, 0.1) is 0 Å². The number of aliphatic hydroxyl groups is 1. The van der Waals surface area contributed by atoms with Gasteiger partial charge < -0.3 is 10.0 Å². The molecule has 0 fully saturated rings. The molecule has 0 aromatic carbocycles. The molecule has 0 bridgehead atoms. The zero-order valence-electron chi connectivity index (χ0n) is 5.26. The zero-order chi connectivity index (χ0) is 6.57. The van der Waals surface area contributed by atoms with E-state index in [1.165, 1.54) is 6.08 Å². The summed E-state index contributed by atoms with van der Waals surface area (Å²) >= 11 is 0. The highest BCUT2D eigenvalue weighted by Crippen LogP contribution is 1.84. The van der Waals surface area contributed by atoms with Gasteiger partial charge in [-0.1, -0.05) is 6.58 Å². The van der Waals surface area contributed by atoms with Crippen molar-refractivity contribution in [1.82, 2.24) is 4.90 Å². The molecule has 0 unspecified atom stereocenters. The van der Waals surface area contributed by atoms with Crippen LogP contribution in [0.25, 0.3) is 0 Å². The van der Waals surface area contributed by atoms with Gasteiger partial charge in [0.05, 0.1) is 0 Å². The summed E-state index contributed by atoms with van der Waals surface area (Å²) in [7, 11) is 3.75. The molecule has 0 saturated heterocycles. The number of aliphatic hydroxyl groups excluding tert-OH is 1. The lowest BCUT2D eigenvalue weighted by molar-refractivity contribution is 0.432. The molecule has 2 heteroatoms. The van der Waals surface area contributed by atoms with Crippen molar-refractivity contribution in [2.24, 2.45) is 0 Å². The molecule has 1 N–H and O–H groups in total. The Kier molecular flexibility index (Phi) is 2.77. The van der Waals surface area contributed by atoms with Gasteiger partial charge in [-0.2, -0.15) is 0 Å². The lowest BCUT2D eigenvalue weighted by atomic mass is 10.5. The summed E-state index contributed by atoms with van der Waals surface area (Å²) < 4.78 is 0. The lowest BCUT2D eigenvalue weighted by Gasteiger charge is -2.01. The maximum Gasteiger partial charge on any atom is 0.109 e. The first-order valence-electron chi connectivity index (χ1n) is 2.35. The van der Waals surface area contributed by atoms with E-state index >= 15 is 0 Å². The monoisotopic (exact) mass is 113 g/mol. The molecule has 0 heterocycles. The third-order valence-electron chi connectivity index (χ3n) is 0.565. The van der Waals surface area contributed by atoms with Crippen molar-refractivity contribution in [3.05, 3.63) is 24.6 Å². The van der Waals surface area contributed by atoms with Crippen molar-refractivity contribution in [3.63, 3.8) is 0 Å². The van der Waals surface area contributed by atoms with Crippen LogP contribution in [0.5, 0.6) is 0 Å². The number of hydrogen-bond donors (Lipinski definition) is 1. The van der Waals surface area contributed by atoms with Gasteiger partial charge in [0, 0.05) is 20.3 Å². The van der Waals surface area contributed by atoms with Crippen LogP contribution in [0.3, 0.4) is 0 Å². The quantitative estimate of drug-likeness (QED) is 0.428. The van der Waals surface area contributed by atoms with Gasteiger partial charge >= 0.3 is 0 Å². The van der Waals surface area contributed by atoms with Crippen molar-refractivity contribution in [2.75, 3.05) is 14.1 Å². The largest absolute Gasteiger partial charge is 0.509 e. The Morgan fingerprint density at radius 1 is 1.62 bits per heavy atom. The van der Waals surface area contributed by atoms with E-state index in [9.17, 15) is 0 Å². The van der Waals surface area contributed by atoms with Gasteiger partial charge in [-0.3, -0.25) is 0 Å². The Balaban J connectivity index is 3.50. The molecule has 8 heavy (non-hydrogen) atoms. The Hall–Kier alpha value is -0.920. The molecule has 0 aliphatic carbocycles. The lowest BCUT2D eigenvalue weighted by Crippen LogP contribution is -1.99. The fourth-order valence-electron chi connectivity index (χ4n) is 0.235. The van der Waals surface area contributed by atoms with Crippen LogP contribution in [0.2, 0.25) is 0 Å². The smallest absolute Gasteiger partial charge is 0.109 e. The summed E-state index contributed by atoms with van der Waals surface area (Å²) in [5, 5.41) is 8.49. The van der Waals surface area contributed by atoms with Crippen molar-refractivity contribution in [2.45, 2.75) is 0 Å². The Morgan fingerprint density at radius 2 is 2.12 bits per heavy atom. The first kappa shape index (κ1) is 7.08. The molecule has 0 amide bonds. The minimum absolute atomic E-state index is 0.0821. The molecule has 0 radical (unpaired) electrons. The highest BCUT2D eigenvalue weighted by Gasteiger charge is 1.76. The van der Waals surface area contributed by atoms with E-state index in [1.807, 2.05) is 19.0 Å². The molecule has 0 rings (SSSR count). The fraction of sp³-hybridized carbons (Fsp3) is 0.333. The normalized spacial score (nSPS) is 9.75. The topological polar surface area (TPSA) is 23.5 Å². The first-order chi connectivity index (χ1) is 3.63. The highest BCUT2D eigenvalue weighted by atomic mass is 16.3. The van der Waals surface area contributed by atoms with Crippen LogP contribution >= 0.6 is 0 Å². The van der Waals surface area contributed by atoms with Crippen molar-refractivity contribution in [1.29, 1.82) is 0 Å². The fourth-order valence-corrected chi connectivity index (χ4v) is 0.235. The van der Waals surface area contributed by atoms with Gasteiger partial charge in [0.1, 0.15) is 5.76 Å². The SMILES string of the molecule is C=C(O)/C=C\N(C)C. The second kappa shape index (κ2) is 3.13. The Morgan fingerprint density at radius 3 is 2.25 bits per heavy atom. The molecule has 0 spiro atoms. The molecule has 0 saturated carbocycles. The van der Waals surface area contributed by atoms with Gasteiger partial charge in [0.25, 0.3) is 0 Å². The summed E-state index contributed by atoms with van der Waals surface area (Å²) in [4.78, 5) is 1.82. The maximum atomic E-state index is 8.49. The van der Waals surface area contributed by atoms with Crippen LogP contribution < -0.4 is 0 Å². The molecule has 0 aromatic heterocycles. The second-order valence-corrected chi connectivity index (χ2v) is 1.77. The molecule has 46 valence electrons. The third kappa shape index (κ3) is 5.08. The third-order valence-corrected chi connectivity index (χ3v) is 0.565. The molecule has 0 aliphatic rings. The van der Waals surface area contributed by atoms with E-state index in [4.69, 9.17) is 5.11 Å². The molecule has 0 aromatic rings. The van der Waals surface area contributed by atoms with E-state index in [2.05, 4.69) is 6.58 Å². The van der Waals surface area contributed by atoms with E-state index in [-0.39, 0.29) is 5.76 Å². The number of rotatable bonds is 2. The maximum absolute atomic E-state index is 8.49. The summed E-state index contributed by atoms with van der Waals surface area (Å²) in [6.45, 7) is 3.27. The zero-order valence-corrected chi connectivity index (χ0v) is 5.26. The second-order valence-electron chi connectivity index (χ2n) is 1.77. The predicted molar refractivity (Wildman–Crippen MR) is 34.6 cm³/mol. The van der Waals surface area contributed by atoms with Crippen LogP contribution in [0.4, 0.5) is 0 Å². The summed E-state index contributed by atoms with van der Waals surface area (Å²) in [6, 6.07) is 0. The molecule has 0 aliphatic heterocycles. The van der Waals surface area contributed by atoms with Gasteiger partial charge in [0.2, 0.25) is 0 Å². The minimum atomic E-state index is 0.0821. The average molecular weight is 113 g/mol. The van der Waals surface area contributed by atoms with Crippen LogP contribution in [-0.4, -0.2) is 24.1 Å². The van der Waals surface area contributed by atoms with Crippen molar-refractivity contribution < 1.29 is 5.11 Å². The molecule has 0 atom stereocenters. The van der Waals surface area contributed by atoms with Crippen LogP contribution in [-0.2, 0) is 0 Å². The van der Waals surface area contributed by atoms with E-state index in [1.54, 1.807) is 6.20 Å². The van der Waals surface area contributed by atoms with Crippen molar-refractivity contribution in [3.8, 4) is 0 Å². The van der Waals surface area contributed by atoms with Gasteiger partial charge in [-0.15, -0.1) is 0 Å². The average Bonchev–Trinajstić information content (AvgIpc) is 1.61. The van der Waals surface area contributed by atoms with E-state index < -0.39 is 0 Å². The Labute approximate surface area is 49.7 Å². The van der Waals surface area contributed by atoms with E-state index in [0.717, 1.165) is 0 Å². The summed E-state index contributed by atoms with van der Waals surface area (Å²) in [5.74, 6) is 0.0821. The van der Waals surface area contributed by atoms with E-state index in [0.29, 0.717) is 0 Å². The molecular weight excluding hydrogens is 102 g/mol. The standard InChI is InChI=1S/C6H11NO/c1-6(8)4-5-7(2)3/h4-5,8H,1H2,2-3H3/b5-4-. The molecular formula is C6H11NO. The number of allylic oxidation sites excluding steroid dienone is 1. The van der Waals surface area contributed by atoms with Crippen molar-refractivity contribution >= 4 is 0 Å². The number of nitrogens with zero attached hydrogens (tertiary/aromatic N) is 1. The van der Waals surface area contributed by atoms with Crippen LogP contribution in [0.15, 0.2) is 24.6 Å². The van der Waals surface area contributed by atoms with Crippen LogP contribution in [0.1, 0.15) is 0 Å². The summed E-state index contributed by atoms with van der Waals surface area (Å²) in [5.41, 5.74) is 0. The van der Waals surface area contributed by atoms with Gasteiger partial charge in [0.15, 0.2) is 0 Å².